The van der Waals surface area contributed by atoms with E-state index < -0.39 is 5.60 Å². The molecule has 0 aliphatic heterocycles. The van der Waals surface area contributed by atoms with Crippen LogP contribution in [0.3, 0.4) is 0 Å². The third-order valence-electron chi connectivity index (χ3n) is 3.51. The molecule has 3 aliphatic carbocycles. The standard InChI is InChI=1S/C10H16O/c1-9(2)7-4-5-10(3,11)8(9)6-7/h6-7,11H,4-5H2,1-3H3. The third-order valence-corrected chi connectivity index (χ3v) is 3.51. The van der Waals surface area contributed by atoms with Gasteiger partial charge in [-0.05, 0) is 36.7 Å². The van der Waals surface area contributed by atoms with E-state index in [2.05, 4.69) is 19.9 Å². The van der Waals surface area contributed by atoms with Gasteiger partial charge >= 0.3 is 0 Å². The minimum absolute atomic E-state index is 0.280. The number of fused-ring (bicyclic) bond motifs is 2. The van der Waals surface area contributed by atoms with Crippen LogP contribution in [0, 0.1) is 11.3 Å². The van der Waals surface area contributed by atoms with Crippen molar-refractivity contribution in [2.24, 2.45) is 11.3 Å². The van der Waals surface area contributed by atoms with Crippen molar-refractivity contribution < 1.29 is 5.11 Å². The zero-order chi connectivity index (χ0) is 8.28. The smallest absolute Gasteiger partial charge is 0.0834 e. The third kappa shape index (κ3) is 0.750. The summed E-state index contributed by atoms with van der Waals surface area (Å²) in [6, 6.07) is 0. The van der Waals surface area contributed by atoms with E-state index in [1.54, 1.807) is 0 Å². The molecular formula is C10H16O. The van der Waals surface area contributed by atoms with Gasteiger partial charge in [0.05, 0.1) is 5.60 Å². The number of aliphatic hydroxyl groups is 1. The highest BCUT2D eigenvalue weighted by molar-refractivity contribution is 5.37. The van der Waals surface area contributed by atoms with Crippen molar-refractivity contribution in [2.75, 3.05) is 0 Å². The summed E-state index contributed by atoms with van der Waals surface area (Å²) in [5.74, 6) is 0.734. The predicted molar refractivity (Wildman–Crippen MR) is 45.2 cm³/mol. The Labute approximate surface area is 68.1 Å². The van der Waals surface area contributed by atoms with Crippen molar-refractivity contribution in [2.45, 2.75) is 39.2 Å². The second-order valence-corrected chi connectivity index (χ2v) is 4.72. The van der Waals surface area contributed by atoms with Gasteiger partial charge < -0.3 is 5.11 Å². The van der Waals surface area contributed by atoms with Crippen LogP contribution in [0.1, 0.15) is 33.6 Å². The van der Waals surface area contributed by atoms with Gasteiger partial charge in [-0.3, -0.25) is 0 Å². The van der Waals surface area contributed by atoms with E-state index >= 15 is 0 Å². The van der Waals surface area contributed by atoms with Crippen LogP contribution in [-0.2, 0) is 0 Å². The fourth-order valence-corrected chi connectivity index (χ4v) is 2.62. The van der Waals surface area contributed by atoms with Crippen molar-refractivity contribution in [1.29, 1.82) is 0 Å². The Morgan fingerprint density at radius 1 is 1.45 bits per heavy atom. The Bertz CT molecular complexity index is 223. The first kappa shape index (κ1) is 7.35. The van der Waals surface area contributed by atoms with E-state index in [4.69, 9.17) is 0 Å². The molecule has 0 aromatic rings. The second-order valence-electron chi connectivity index (χ2n) is 4.72. The quantitative estimate of drug-likeness (QED) is 0.527. The molecule has 0 aromatic heterocycles. The van der Waals surface area contributed by atoms with Gasteiger partial charge in [-0.1, -0.05) is 19.9 Å². The average molecular weight is 152 g/mol. The summed E-state index contributed by atoms with van der Waals surface area (Å²) < 4.78 is 0. The van der Waals surface area contributed by atoms with Crippen LogP contribution in [-0.4, -0.2) is 10.7 Å². The van der Waals surface area contributed by atoms with E-state index in [1.165, 1.54) is 5.57 Å². The summed E-state index contributed by atoms with van der Waals surface area (Å²) in [4.78, 5) is 0. The molecule has 1 N–H and O–H groups in total. The molecule has 0 heterocycles. The molecule has 62 valence electrons. The van der Waals surface area contributed by atoms with Gasteiger partial charge in [0.1, 0.15) is 0 Å². The Kier molecular flexibility index (Phi) is 1.15. The Morgan fingerprint density at radius 3 is 2.36 bits per heavy atom. The van der Waals surface area contributed by atoms with Crippen molar-refractivity contribution in [3.8, 4) is 0 Å². The predicted octanol–water partition coefficient (Wildman–Crippen LogP) is 2.11. The number of rotatable bonds is 0. The van der Waals surface area contributed by atoms with Crippen LogP contribution in [0.5, 0.6) is 0 Å². The second kappa shape index (κ2) is 1.71. The van der Waals surface area contributed by atoms with Gasteiger partial charge in [-0.15, -0.1) is 0 Å². The van der Waals surface area contributed by atoms with Gasteiger partial charge in [-0.2, -0.15) is 0 Å². The maximum atomic E-state index is 9.95. The van der Waals surface area contributed by atoms with Crippen molar-refractivity contribution in [3.63, 3.8) is 0 Å². The molecule has 2 unspecified atom stereocenters. The van der Waals surface area contributed by atoms with Crippen LogP contribution in [0.4, 0.5) is 0 Å². The van der Waals surface area contributed by atoms with Gasteiger partial charge in [0, 0.05) is 0 Å². The minimum atomic E-state index is -0.502. The number of hydrogen-bond donors (Lipinski definition) is 1. The maximum Gasteiger partial charge on any atom is 0.0834 e. The number of hydrogen-bond acceptors (Lipinski definition) is 1. The summed E-state index contributed by atoms with van der Waals surface area (Å²) in [6.45, 7) is 6.41. The molecule has 1 fully saturated rings. The van der Waals surface area contributed by atoms with E-state index in [-0.39, 0.29) is 5.41 Å². The molecule has 2 bridgehead atoms. The average Bonchev–Trinajstić information content (AvgIpc) is 1.84. The highest BCUT2D eigenvalue weighted by Gasteiger charge is 2.51. The largest absolute Gasteiger partial charge is 0.386 e. The summed E-state index contributed by atoms with van der Waals surface area (Å²) in [5, 5.41) is 9.95. The SMILES string of the molecule is CC1(O)CCC2C=C1C2(C)C. The van der Waals surface area contributed by atoms with E-state index in [0.717, 1.165) is 18.8 Å². The van der Waals surface area contributed by atoms with Gasteiger partial charge in [0.25, 0.3) is 0 Å². The number of allylic oxidation sites excluding steroid dienone is 1. The molecule has 0 spiro atoms. The Balaban J connectivity index is 2.37. The Morgan fingerprint density at radius 2 is 2.09 bits per heavy atom. The van der Waals surface area contributed by atoms with Crippen LogP contribution in [0.25, 0.3) is 0 Å². The lowest BCUT2D eigenvalue weighted by Gasteiger charge is -2.54. The molecule has 2 atom stereocenters. The molecule has 3 rings (SSSR count). The van der Waals surface area contributed by atoms with Crippen LogP contribution >= 0.6 is 0 Å². The van der Waals surface area contributed by atoms with E-state index in [9.17, 15) is 5.11 Å². The fourth-order valence-electron chi connectivity index (χ4n) is 2.62. The molecule has 1 nitrogen and oxygen atoms in total. The van der Waals surface area contributed by atoms with Crippen LogP contribution in [0.2, 0.25) is 0 Å². The summed E-state index contributed by atoms with van der Waals surface area (Å²) in [5.41, 5.74) is 1.04. The normalized spacial score (nSPS) is 46.2. The molecule has 0 amide bonds. The molecule has 0 radical (unpaired) electrons. The first-order valence-electron chi connectivity index (χ1n) is 4.40. The van der Waals surface area contributed by atoms with Crippen molar-refractivity contribution in [3.05, 3.63) is 11.6 Å². The maximum absolute atomic E-state index is 9.95. The summed E-state index contributed by atoms with van der Waals surface area (Å²) in [7, 11) is 0. The lowest BCUT2D eigenvalue weighted by Crippen LogP contribution is -2.50. The summed E-state index contributed by atoms with van der Waals surface area (Å²) >= 11 is 0. The Hall–Kier alpha value is -0.300. The summed E-state index contributed by atoms with van der Waals surface area (Å²) in [6.07, 6.45) is 4.36. The molecule has 3 aliphatic rings. The lowest BCUT2D eigenvalue weighted by atomic mass is 9.52. The van der Waals surface area contributed by atoms with Gasteiger partial charge in [0.15, 0.2) is 0 Å². The monoisotopic (exact) mass is 152 g/mol. The van der Waals surface area contributed by atoms with E-state index in [1.807, 2.05) is 6.92 Å². The first-order valence-corrected chi connectivity index (χ1v) is 4.40. The molecular weight excluding hydrogens is 136 g/mol. The van der Waals surface area contributed by atoms with Crippen molar-refractivity contribution >= 4 is 0 Å². The molecule has 0 aromatic carbocycles. The first-order chi connectivity index (χ1) is 4.94. The zero-order valence-corrected chi connectivity index (χ0v) is 7.52. The minimum Gasteiger partial charge on any atom is -0.386 e. The molecule has 1 heteroatoms. The lowest BCUT2D eigenvalue weighted by molar-refractivity contribution is 0.000126. The van der Waals surface area contributed by atoms with E-state index in [0.29, 0.717) is 0 Å². The van der Waals surface area contributed by atoms with Gasteiger partial charge in [-0.25, -0.2) is 0 Å². The zero-order valence-electron chi connectivity index (χ0n) is 7.52. The van der Waals surface area contributed by atoms with Crippen LogP contribution in [0.15, 0.2) is 11.6 Å². The highest BCUT2D eigenvalue weighted by atomic mass is 16.3. The van der Waals surface area contributed by atoms with Crippen LogP contribution < -0.4 is 0 Å². The fraction of sp³-hybridized carbons (Fsp3) is 0.800. The highest BCUT2D eigenvalue weighted by Crippen LogP contribution is 2.57. The van der Waals surface area contributed by atoms with Gasteiger partial charge in [0.2, 0.25) is 0 Å². The molecule has 11 heavy (non-hydrogen) atoms. The molecule has 1 saturated carbocycles. The topological polar surface area (TPSA) is 20.2 Å². The van der Waals surface area contributed by atoms with Crippen molar-refractivity contribution in [1.82, 2.24) is 0 Å². The molecule has 0 saturated heterocycles.